The summed E-state index contributed by atoms with van der Waals surface area (Å²) in [5.41, 5.74) is 2.80. The fraction of sp³-hybridized carbons (Fsp3) is 0.278. The second kappa shape index (κ2) is 8.19. The summed E-state index contributed by atoms with van der Waals surface area (Å²) in [6, 6.07) is 15.0. The molecule has 0 radical (unpaired) electrons. The topological polar surface area (TPSA) is 59.6 Å². The largest absolute Gasteiger partial charge is 0.497 e. The van der Waals surface area contributed by atoms with E-state index in [4.69, 9.17) is 9.47 Å². The summed E-state index contributed by atoms with van der Waals surface area (Å²) in [6.45, 7) is 2.34. The first-order valence-corrected chi connectivity index (χ1v) is 7.40. The predicted molar refractivity (Wildman–Crippen MR) is 90.9 cm³/mol. The van der Waals surface area contributed by atoms with Crippen LogP contribution in [0.2, 0.25) is 0 Å². The van der Waals surface area contributed by atoms with Crippen molar-refractivity contribution in [1.82, 2.24) is 5.32 Å². The molecule has 2 aromatic rings. The van der Waals surface area contributed by atoms with Gasteiger partial charge in [0.05, 0.1) is 13.2 Å². The van der Waals surface area contributed by atoms with Crippen molar-refractivity contribution < 1.29 is 14.3 Å². The molecule has 2 aromatic carbocycles. The number of hydrogen-bond acceptors (Lipinski definition) is 3. The van der Waals surface area contributed by atoms with Gasteiger partial charge in [0, 0.05) is 19.3 Å². The quantitative estimate of drug-likeness (QED) is 0.858. The lowest BCUT2D eigenvalue weighted by molar-refractivity contribution is 0.104. The van der Waals surface area contributed by atoms with E-state index in [0.717, 1.165) is 22.6 Å². The minimum atomic E-state index is -0.263. The SMILES string of the molecule is COc1cccc(C(CNC(=O)Nc2cccc(C)c2)OC)c1. The minimum absolute atomic E-state index is 0.242. The third kappa shape index (κ3) is 5.00. The summed E-state index contributed by atoms with van der Waals surface area (Å²) in [4.78, 5) is 12.0. The number of rotatable bonds is 6. The maximum absolute atomic E-state index is 12.0. The zero-order chi connectivity index (χ0) is 16.7. The number of nitrogens with one attached hydrogen (secondary N) is 2. The molecule has 2 amide bonds. The van der Waals surface area contributed by atoms with E-state index in [1.807, 2.05) is 55.5 Å². The van der Waals surface area contributed by atoms with Crippen molar-refractivity contribution in [2.24, 2.45) is 0 Å². The van der Waals surface area contributed by atoms with Crippen LogP contribution in [-0.2, 0) is 4.74 Å². The molecule has 2 rings (SSSR count). The fourth-order valence-corrected chi connectivity index (χ4v) is 2.26. The average Bonchev–Trinajstić information content (AvgIpc) is 2.55. The number of urea groups is 1. The van der Waals surface area contributed by atoms with E-state index < -0.39 is 0 Å². The number of hydrogen-bond donors (Lipinski definition) is 2. The van der Waals surface area contributed by atoms with E-state index >= 15 is 0 Å². The van der Waals surface area contributed by atoms with Crippen molar-refractivity contribution in [3.63, 3.8) is 0 Å². The summed E-state index contributed by atoms with van der Waals surface area (Å²) in [6.07, 6.45) is -0.242. The van der Waals surface area contributed by atoms with Crippen LogP contribution in [0.3, 0.4) is 0 Å². The van der Waals surface area contributed by atoms with Gasteiger partial charge in [-0.2, -0.15) is 0 Å². The molecule has 5 nitrogen and oxygen atoms in total. The van der Waals surface area contributed by atoms with E-state index in [1.54, 1.807) is 14.2 Å². The Labute approximate surface area is 136 Å². The van der Waals surface area contributed by atoms with Gasteiger partial charge in [0.1, 0.15) is 5.75 Å². The number of ether oxygens (including phenoxy) is 2. The third-order valence-electron chi connectivity index (χ3n) is 3.47. The van der Waals surface area contributed by atoms with E-state index in [2.05, 4.69) is 10.6 Å². The summed E-state index contributed by atoms with van der Waals surface area (Å²) >= 11 is 0. The Bertz CT molecular complexity index is 658. The predicted octanol–water partition coefficient (Wildman–Crippen LogP) is 3.51. The molecule has 0 aliphatic rings. The molecule has 1 unspecified atom stereocenters. The van der Waals surface area contributed by atoms with Gasteiger partial charge < -0.3 is 20.1 Å². The number of aryl methyl sites for hydroxylation is 1. The molecule has 0 saturated carbocycles. The van der Waals surface area contributed by atoms with Gasteiger partial charge in [0.25, 0.3) is 0 Å². The van der Waals surface area contributed by atoms with Gasteiger partial charge in [-0.15, -0.1) is 0 Å². The van der Waals surface area contributed by atoms with Crippen molar-refractivity contribution >= 4 is 11.7 Å². The van der Waals surface area contributed by atoms with Gasteiger partial charge in [-0.05, 0) is 42.3 Å². The molecule has 0 spiro atoms. The molecule has 0 bridgehead atoms. The van der Waals surface area contributed by atoms with Crippen LogP contribution < -0.4 is 15.4 Å². The van der Waals surface area contributed by atoms with Gasteiger partial charge in [-0.25, -0.2) is 4.79 Å². The van der Waals surface area contributed by atoms with Crippen molar-refractivity contribution in [2.75, 3.05) is 26.1 Å². The highest BCUT2D eigenvalue weighted by atomic mass is 16.5. The Morgan fingerprint density at radius 3 is 2.61 bits per heavy atom. The molecule has 0 aliphatic heterocycles. The summed E-state index contributed by atoms with van der Waals surface area (Å²) in [7, 11) is 3.23. The Kier molecular flexibility index (Phi) is 6.00. The normalized spacial score (nSPS) is 11.6. The first kappa shape index (κ1) is 16.8. The van der Waals surface area contributed by atoms with Crippen LogP contribution in [-0.4, -0.2) is 26.8 Å². The zero-order valence-corrected chi connectivity index (χ0v) is 13.6. The highest BCUT2D eigenvalue weighted by Crippen LogP contribution is 2.21. The van der Waals surface area contributed by atoms with Crippen LogP contribution >= 0.6 is 0 Å². The first-order chi connectivity index (χ1) is 11.1. The molecular weight excluding hydrogens is 292 g/mol. The standard InChI is InChI=1S/C18H22N2O3/c1-13-6-4-8-15(10-13)20-18(21)19-12-17(23-3)14-7-5-9-16(11-14)22-2/h4-11,17H,12H2,1-3H3,(H2,19,20,21). The lowest BCUT2D eigenvalue weighted by Gasteiger charge is -2.17. The smallest absolute Gasteiger partial charge is 0.319 e. The lowest BCUT2D eigenvalue weighted by atomic mass is 10.1. The first-order valence-electron chi connectivity index (χ1n) is 7.40. The maximum atomic E-state index is 12.0. The Hall–Kier alpha value is -2.53. The molecule has 2 N–H and O–H groups in total. The van der Waals surface area contributed by atoms with Gasteiger partial charge in [0.2, 0.25) is 0 Å². The molecule has 5 heteroatoms. The van der Waals surface area contributed by atoms with Gasteiger partial charge in [-0.3, -0.25) is 0 Å². The molecule has 23 heavy (non-hydrogen) atoms. The van der Waals surface area contributed by atoms with Crippen LogP contribution in [0, 0.1) is 6.92 Å². The lowest BCUT2D eigenvalue weighted by Crippen LogP contribution is -2.32. The van der Waals surface area contributed by atoms with Crippen LogP contribution in [0.15, 0.2) is 48.5 Å². The number of methoxy groups -OCH3 is 2. The molecular formula is C18H22N2O3. The zero-order valence-electron chi connectivity index (χ0n) is 13.6. The monoisotopic (exact) mass is 314 g/mol. The van der Waals surface area contributed by atoms with Crippen molar-refractivity contribution in [3.05, 3.63) is 59.7 Å². The van der Waals surface area contributed by atoms with E-state index in [9.17, 15) is 4.79 Å². The number of amides is 2. The molecule has 0 aromatic heterocycles. The fourth-order valence-electron chi connectivity index (χ4n) is 2.26. The Morgan fingerprint density at radius 1 is 1.13 bits per heavy atom. The number of benzene rings is 2. The van der Waals surface area contributed by atoms with Crippen molar-refractivity contribution in [2.45, 2.75) is 13.0 Å². The minimum Gasteiger partial charge on any atom is -0.497 e. The maximum Gasteiger partial charge on any atom is 0.319 e. The van der Waals surface area contributed by atoms with E-state index in [1.165, 1.54) is 0 Å². The van der Waals surface area contributed by atoms with Gasteiger partial charge in [0.15, 0.2) is 0 Å². The third-order valence-corrected chi connectivity index (χ3v) is 3.47. The van der Waals surface area contributed by atoms with Crippen LogP contribution in [0.5, 0.6) is 5.75 Å². The summed E-state index contributed by atoms with van der Waals surface area (Å²) in [5.74, 6) is 0.758. The number of carbonyl (C=O) groups excluding carboxylic acids is 1. The highest BCUT2D eigenvalue weighted by Gasteiger charge is 2.13. The number of carbonyl (C=O) groups is 1. The second-order valence-corrected chi connectivity index (χ2v) is 5.21. The average molecular weight is 314 g/mol. The highest BCUT2D eigenvalue weighted by molar-refractivity contribution is 5.89. The Balaban J connectivity index is 1.93. The molecule has 122 valence electrons. The summed E-state index contributed by atoms with van der Waals surface area (Å²) in [5, 5.41) is 5.63. The molecule has 0 fully saturated rings. The van der Waals surface area contributed by atoms with Crippen molar-refractivity contribution in [3.8, 4) is 5.75 Å². The van der Waals surface area contributed by atoms with Gasteiger partial charge >= 0.3 is 6.03 Å². The number of anilines is 1. The van der Waals surface area contributed by atoms with Crippen LogP contribution in [0.25, 0.3) is 0 Å². The van der Waals surface area contributed by atoms with Crippen LogP contribution in [0.1, 0.15) is 17.2 Å². The molecule has 0 aliphatic carbocycles. The Morgan fingerprint density at radius 2 is 1.91 bits per heavy atom. The van der Waals surface area contributed by atoms with Crippen LogP contribution in [0.4, 0.5) is 10.5 Å². The van der Waals surface area contributed by atoms with Crippen molar-refractivity contribution in [1.29, 1.82) is 0 Å². The summed E-state index contributed by atoms with van der Waals surface area (Å²) < 4.78 is 10.7. The molecule has 0 saturated heterocycles. The van der Waals surface area contributed by atoms with E-state index in [0.29, 0.717) is 6.54 Å². The molecule has 0 heterocycles. The van der Waals surface area contributed by atoms with Gasteiger partial charge in [-0.1, -0.05) is 24.3 Å². The second-order valence-electron chi connectivity index (χ2n) is 5.21. The van der Waals surface area contributed by atoms with E-state index in [-0.39, 0.29) is 12.1 Å². The molecule has 1 atom stereocenters.